The van der Waals surface area contributed by atoms with Crippen LogP contribution in [0.3, 0.4) is 0 Å². The standard InChI is InChI=1S/C16H31N5OS.HI/c1-5-7-10-22-11-8-9-18-15(17-6-2)19-12-14-13-23-16(20-14)21(3)4;/h13H,5-12H2,1-4H3,(H2,17,18,19);1H. The summed E-state index contributed by atoms with van der Waals surface area (Å²) in [5.74, 6) is 0.834. The van der Waals surface area contributed by atoms with Crippen LogP contribution in [0.2, 0.25) is 0 Å². The topological polar surface area (TPSA) is 61.8 Å². The summed E-state index contributed by atoms with van der Waals surface area (Å²) in [4.78, 5) is 11.1. The zero-order valence-electron chi connectivity index (χ0n) is 15.3. The van der Waals surface area contributed by atoms with Gasteiger partial charge < -0.3 is 20.3 Å². The number of nitrogens with zero attached hydrogens (tertiary/aromatic N) is 3. The van der Waals surface area contributed by atoms with Gasteiger partial charge in [-0.3, -0.25) is 0 Å². The highest BCUT2D eigenvalue weighted by Gasteiger charge is 2.03. The summed E-state index contributed by atoms with van der Waals surface area (Å²) in [7, 11) is 4.00. The van der Waals surface area contributed by atoms with E-state index >= 15 is 0 Å². The predicted molar refractivity (Wildman–Crippen MR) is 115 cm³/mol. The van der Waals surface area contributed by atoms with Crippen molar-refractivity contribution < 1.29 is 4.74 Å². The maximum atomic E-state index is 5.56. The molecule has 0 atom stereocenters. The summed E-state index contributed by atoms with van der Waals surface area (Å²) in [6, 6.07) is 0. The van der Waals surface area contributed by atoms with Crippen molar-refractivity contribution in [3.05, 3.63) is 11.1 Å². The molecule has 2 N–H and O–H groups in total. The Bertz CT molecular complexity index is 453. The van der Waals surface area contributed by atoms with E-state index < -0.39 is 0 Å². The minimum absolute atomic E-state index is 0. The summed E-state index contributed by atoms with van der Waals surface area (Å²) in [5, 5.41) is 9.66. The summed E-state index contributed by atoms with van der Waals surface area (Å²) in [6.45, 7) is 8.20. The summed E-state index contributed by atoms with van der Waals surface area (Å²) >= 11 is 1.64. The number of rotatable bonds is 11. The highest BCUT2D eigenvalue weighted by molar-refractivity contribution is 14.0. The van der Waals surface area contributed by atoms with E-state index in [4.69, 9.17) is 4.74 Å². The van der Waals surface area contributed by atoms with Gasteiger partial charge in [0.2, 0.25) is 0 Å². The lowest BCUT2D eigenvalue weighted by molar-refractivity contribution is 0.129. The Kier molecular flexibility index (Phi) is 14.3. The fraction of sp³-hybridized carbons (Fsp3) is 0.750. The normalized spacial score (nSPS) is 11.1. The first-order chi connectivity index (χ1) is 11.2. The molecule has 140 valence electrons. The van der Waals surface area contributed by atoms with E-state index in [9.17, 15) is 0 Å². The highest BCUT2D eigenvalue weighted by atomic mass is 127. The van der Waals surface area contributed by atoms with E-state index in [1.165, 1.54) is 6.42 Å². The van der Waals surface area contributed by atoms with Crippen LogP contribution in [0.4, 0.5) is 5.13 Å². The lowest BCUT2D eigenvalue weighted by atomic mass is 10.4. The summed E-state index contributed by atoms with van der Waals surface area (Å²) in [5.41, 5.74) is 0.999. The molecule has 1 aromatic heterocycles. The monoisotopic (exact) mass is 469 g/mol. The zero-order chi connectivity index (χ0) is 16.9. The van der Waals surface area contributed by atoms with Gasteiger partial charge in [0.25, 0.3) is 0 Å². The Labute approximate surface area is 167 Å². The van der Waals surface area contributed by atoms with Gasteiger partial charge in [-0.05, 0) is 19.8 Å². The number of nitrogens with one attached hydrogen (secondary N) is 2. The van der Waals surface area contributed by atoms with Gasteiger partial charge in [0, 0.05) is 45.8 Å². The van der Waals surface area contributed by atoms with Crippen molar-refractivity contribution in [2.24, 2.45) is 4.99 Å². The van der Waals surface area contributed by atoms with Crippen LogP contribution in [0.5, 0.6) is 0 Å². The third-order valence-electron chi connectivity index (χ3n) is 3.07. The number of hydrogen-bond donors (Lipinski definition) is 2. The van der Waals surface area contributed by atoms with E-state index in [1.54, 1.807) is 11.3 Å². The van der Waals surface area contributed by atoms with Crippen LogP contribution in [0, 0.1) is 0 Å². The van der Waals surface area contributed by atoms with Crippen molar-refractivity contribution in [3.8, 4) is 0 Å². The summed E-state index contributed by atoms with van der Waals surface area (Å²) in [6.07, 6.45) is 3.30. The minimum atomic E-state index is 0. The van der Waals surface area contributed by atoms with Crippen LogP contribution in [-0.2, 0) is 11.3 Å². The number of anilines is 1. The first-order valence-corrected chi connectivity index (χ1v) is 9.27. The van der Waals surface area contributed by atoms with E-state index in [1.807, 2.05) is 19.0 Å². The van der Waals surface area contributed by atoms with E-state index in [2.05, 4.69) is 39.8 Å². The van der Waals surface area contributed by atoms with Crippen LogP contribution < -0.4 is 15.5 Å². The fourth-order valence-corrected chi connectivity index (χ4v) is 2.56. The second kappa shape index (κ2) is 14.7. The molecular weight excluding hydrogens is 437 g/mol. The van der Waals surface area contributed by atoms with E-state index in [0.29, 0.717) is 6.54 Å². The number of ether oxygens (including phenoxy) is 1. The van der Waals surface area contributed by atoms with Crippen LogP contribution in [-0.4, -0.2) is 51.3 Å². The van der Waals surface area contributed by atoms with Crippen molar-refractivity contribution in [2.45, 2.75) is 39.7 Å². The average molecular weight is 469 g/mol. The Morgan fingerprint density at radius 3 is 2.62 bits per heavy atom. The van der Waals surface area contributed by atoms with Gasteiger partial charge in [-0.2, -0.15) is 0 Å². The van der Waals surface area contributed by atoms with Gasteiger partial charge in [0.15, 0.2) is 11.1 Å². The number of unbranched alkanes of at least 4 members (excludes halogenated alkanes) is 1. The molecule has 24 heavy (non-hydrogen) atoms. The first-order valence-electron chi connectivity index (χ1n) is 8.39. The van der Waals surface area contributed by atoms with Crippen molar-refractivity contribution in [1.29, 1.82) is 0 Å². The van der Waals surface area contributed by atoms with Gasteiger partial charge in [0.1, 0.15) is 0 Å². The smallest absolute Gasteiger partial charge is 0.191 e. The predicted octanol–water partition coefficient (Wildman–Crippen LogP) is 3.09. The molecule has 0 aliphatic heterocycles. The lowest BCUT2D eigenvalue weighted by Gasteiger charge is -2.11. The van der Waals surface area contributed by atoms with Gasteiger partial charge in [-0.15, -0.1) is 35.3 Å². The number of aromatic nitrogens is 1. The molecule has 0 amide bonds. The first kappa shape index (κ1) is 23.4. The fourth-order valence-electron chi connectivity index (χ4n) is 1.81. The number of thiazole rings is 1. The maximum absolute atomic E-state index is 5.56. The number of aliphatic imine (C=N–C) groups is 1. The quantitative estimate of drug-likeness (QED) is 0.226. The SMILES string of the molecule is CCCCOCCCNC(=NCc1csc(N(C)C)n1)NCC.I. The zero-order valence-corrected chi connectivity index (χ0v) is 18.4. The molecule has 0 unspecified atom stereocenters. The molecule has 1 rings (SSSR count). The van der Waals surface area contributed by atoms with Crippen molar-refractivity contribution in [1.82, 2.24) is 15.6 Å². The van der Waals surface area contributed by atoms with E-state index in [-0.39, 0.29) is 24.0 Å². The molecule has 1 aromatic rings. The molecule has 0 saturated carbocycles. The molecular formula is C16H32IN5OS. The third-order valence-corrected chi connectivity index (χ3v) is 4.12. The number of hydrogen-bond acceptors (Lipinski definition) is 5. The molecule has 0 fully saturated rings. The van der Waals surface area contributed by atoms with E-state index in [0.717, 1.165) is 55.9 Å². The molecule has 8 heteroatoms. The Morgan fingerprint density at radius 2 is 2.00 bits per heavy atom. The number of guanidine groups is 1. The average Bonchev–Trinajstić information content (AvgIpc) is 3.01. The number of halogens is 1. The van der Waals surface area contributed by atoms with Gasteiger partial charge in [0.05, 0.1) is 12.2 Å². The maximum Gasteiger partial charge on any atom is 0.191 e. The molecule has 0 aromatic carbocycles. The summed E-state index contributed by atoms with van der Waals surface area (Å²) < 4.78 is 5.56. The largest absolute Gasteiger partial charge is 0.381 e. The Morgan fingerprint density at radius 1 is 1.25 bits per heavy atom. The second-order valence-corrected chi connectivity index (χ2v) is 6.29. The van der Waals surface area contributed by atoms with Gasteiger partial charge >= 0.3 is 0 Å². The Hall–Kier alpha value is -0.610. The lowest BCUT2D eigenvalue weighted by Crippen LogP contribution is -2.38. The molecule has 6 nitrogen and oxygen atoms in total. The molecule has 0 radical (unpaired) electrons. The molecule has 0 aliphatic rings. The Balaban J connectivity index is 0.00000529. The molecule has 1 heterocycles. The molecule has 0 aliphatic carbocycles. The second-order valence-electron chi connectivity index (χ2n) is 5.46. The van der Waals surface area contributed by atoms with Crippen molar-refractivity contribution in [2.75, 3.05) is 45.3 Å². The molecule has 0 spiro atoms. The van der Waals surface area contributed by atoms with Crippen LogP contribution in [0.15, 0.2) is 10.4 Å². The van der Waals surface area contributed by atoms with Crippen LogP contribution >= 0.6 is 35.3 Å². The van der Waals surface area contributed by atoms with Gasteiger partial charge in [-0.1, -0.05) is 13.3 Å². The third kappa shape index (κ3) is 10.3. The van der Waals surface area contributed by atoms with Crippen molar-refractivity contribution >= 4 is 46.4 Å². The van der Waals surface area contributed by atoms with Crippen molar-refractivity contribution in [3.63, 3.8) is 0 Å². The van der Waals surface area contributed by atoms with Crippen LogP contribution in [0.1, 0.15) is 38.8 Å². The minimum Gasteiger partial charge on any atom is -0.381 e. The molecule has 0 saturated heterocycles. The van der Waals surface area contributed by atoms with Crippen LogP contribution in [0.25, 0.3) is 0 Å². The van der Waals surface area contributed by atoms with Gasteiger partial charge in [-0.25, -0.2) is 9.98 Å². The highest BCUT2D eigenvalue weighted by Crippen LogP contribution is 2.18. The molecule has 0 bridgehead atoms.